The fourth-order valence-electron chi connectivity index (χ4n) is 2.30. The molecule has 18 heavy (non-hydrogen) atoms. The molecule has 0 radical (unpaired) electrons. The van der Waals surface area contributed by atoms with Crippen LogP contribution in [0.15, 0.2) is 66.7 Å². The number of nitrogens with one attached hydrogen (secondary N) is 1. The Labute approximate surface area is 107 Å². The SMILES string of the molecule is CNc1ccc2cccc(-c3ccccc3)c2c1. The van der Waals surface area contributed by atoms with E-state index in [2.05, 4.69) is 66.0 Å². The molecule has 3 aromatic rings. The van der Waals surface area contributed by atoms with Crippen LogP contribution in [0.2, 0.25) is 0 Å². The van der Waals surface area contributed by atoms with Crippen LogP contribution in [0.25, 0.3) is 21.9 Å². The van der Waals surface area contributed by atoms with Crippen LogP contribution in [0.5, 0.6) is 0 Å². The summed E-state index contributed by atoms with van der Waals surface area (Å²) >= 11 is 0. The van der Waals surface area contributed by atoms with Crippen molar-refractivity contribution in [3.63, 3.8) is 0 Å². The lowest BCUT2D eigenvalue weighted by molar-refractivity contribution is 1.53. The average molecular weight is 233 g/mol. The van der Waals surface area contributed by atoms with Gasteiger partial charge in [0.25, 0.3) is 0 Å². The molecular weight excluding hydrogens is 218 g/mol. The normalized spacial score (nSPS) is 10.5. The van der Waals surface area contributed by atoms with Gasteiger partial charge < -0.3 is 5.32 Å². The molecule has 1 N–H and O–H groups in total. The maximum atomic E-state index is 3.20. The summed E-state index contributed by atoms with van der Waals surface area (Å²) in [6.07, 6.45) is 0. The zero-order chi connectivity index (χ0) is 12.4. The number of hydrogen-bond donors (Lipinski definition) is 1. The first-order valence-electron chi connectivity index (χ1n) is 6.14. The van der Waals surface area contributed by atoms with Gasteiger partial charge in [0.2, 0.25) is 0 Å². The van der Waals surface area contributed by atoms with Gasteiger partial charge in [0.1, 0.15) is 0 Å². The second kappa shape index (κ2) is 4.53. The Hall–Kier alpha value is -2.28. The molecule has 0 aliphatic carbocycles. The molecule has 0 spiro atoms. The van der Waals surface area contributed by atoms with E-state index in [0.717, 1.165) is 5.69 Å². The predicted octanol–water partition coefficient (Wildman–Crippen LogP) is 4.55. The molecule has 0 aliphatic rings. The maximum absolute atomic E-state index is 3.20. The smallest absolute Gasteiger partial charge is 0.0344 e. The molecule has 88 valence electrons. The van der Waals surface area contributed by atoms with Crippen LogP contribution in [0.3, 0.4) is 0 Å². The largest absolute Gasteiger partial charge is 0.388 e. The molecule has 0 aliphatic heterocycles. The van der Waals surface area contributed by atoms with E-state index in [4.69, 9.17) is 0 Å². The van der Waals surface area contributed by atoms with Gasteiger partial charge in [0.05, 0.1) is 0 Å². The summed E-state index contributed by atoms with van der Waals surface area (Å²) in [6, 6.07) is 23.4. The van der Waals surface area contributed by atoms with Crippen molar-refractivity contribution in [3.05, 3.63) is 66.7 Å². The first-order chi connectivity index (χ1) is 8.88. The van der Waals surface area contributed by atoms with Gasteiger partial charge in [0, 0.05) is 12.7 Å². The third-order valence-electron chi connectivity index (χ3n) is 3.26. The van der Waals surface area contributed by atoms with Crippen molar-refractivity contribution in [3.8, 4) is 11.1 Å². The fourth-order valence-corrected chi connectivity index (χ4v) is 2.30. The Morgan fingerprint density at radius 2 is 1.61 bits per heavy atom. The Balaban J connectivity index is 2.29. The van der Waals surface area contributed by atoms with Crippen molar-refractivity contribution in [1.82, 2.24) is 0 Å². The predicted molar refractivity (Wildman–Crippen MR) is 78.9 cm³/mol. The van der Waals surface area contributed by atoms with Crippen molar-refractivity contribution in [2.45, 2.75) is 0 Å². The summed E-state index contributed by atoms with van der Waals surface area (Å²) in [4.78, 5) is 0. The van der Waals surface area contributed by atoms with Gasteiger partial charge >= 0.3 is 0 Å². The standard InChI is InChI=1S/C17H15N/c1-18-15-11-10-14-8-5-9-16(17(14)12-15)13-6-3-2-4-7-13/h2-12,18H,1H3. The van der Waals surface area contributed by atoms with Gasteiger partial charge in [-0.1, -0.05) is 54.6 Å². The minimum absolute atomic E-state index is 1.14. The highest BCUT2D eigenvalue weighted by Crippen LogP contribution is 2.30. The number of rotatable bonds is 2. The zero-order valence-corrected chi connectivity index (χ0v) is 10.4. The molecule has 0 saturated carbocycles. The molecule has 3 rings (SSSR count). The monoisotopic (exact) mass is 233 g/mol. The Kier molecular flexibility index (Phi) is 2.73. The van der Waals surface area contributed by atoms with Crippen molar-refractivity contribution >= 4 is 16.5 Å². The van der Waals surface area contributed by atoms with E-state index in [1.54, 1.807) is 0 Å². The molecule has 0 saturated heterocycles. The first-order valence-corrected chi connectivity index (χ1v) is 6.14. The molecule has 0 aromatic heterocycles. The van der Waals surface area contributed by atoms with Crippen LogP contribution in [0.1, 0.15) is 0 Å². The third-order valence-corrected chi connectivity index (χ3v) is 3.26. The molecule has 1 heteroatoms. The second-order valence-corrected chi connectivity index (χ2v) is 4.36. The molecule has 1 nitrogen and oxygen atoms in total. The summed E-state index contributed by atoms with van der Waals surface area (Å²) in [5, 5.41) is 5.76. The lowest BCUT2D eigenvalue weighted by atomic mass is 9.98. The number of benzene rings is 3. The second-order valence-electron chi connectivity index (χ2n) is 4.36. The Morgan fingerprint density at radius 3 is 2.39 bits per heavy atom. The first kappa shape index (κ1) is 10.8. The topological polar surface area (TPSA) is 12.0 Å². The molecule has 0 unspecified atom stereocenters. The van der Waals surface area contributed by atoms with Crippen molar-refractivity contribution in [1.29, 1.82) is 0 Å². The maximum Gasteiger partial charge on any atom is 0.0344 e. The van der Waals surface area contributed by atoms with Crippen LogP contribution in [-0.2, 0) is 0 Å². The molecular formula is C17H15N. The Morgan fingerprint density at radius 1 is 0.778 bits per heavy atom. The van der Waals surface area contributed by atoms with Gasteiger partial charge in [-0.2, -0.15) is 0 Å². The Bertz CT molecular complexity index is 672. The van der Waals surface area contributed by atoms with Gasteiger partial charge in [-0.05, 0) is 34.0 Å². The summed E-state index contributed by atoms with van der Waals surface area (Å²) in [5.41, 5.74) is 3.69. The molecule has 0 amide bonds. The van der Waals surface area contributed by atoms with Crippen molar-refractivity contribution in [2.75, 3.05) is 12.4 Å². The van der Waals surface area contributed by atoms with Gasteiger partial charge in [0.15, 0.2) is 0 Å². The van der Waals surface area contributed by atoms with Crippen LogP contribution in [-0.4, -0.2) is 7.05 Å². The summed E-state index contributed by atoms with van der Waals surface area (Å²) < 4.78 is 0. The van der Waals surface area contributed by atoms with E-state index < -0.39 is 0 Å². The van der Waals surface area contributed by atoms with E-state index in [1.165, 1.54) is 21.9 Å². The highest BCUT2D eigenvalue weighted by molar-refractivity contribution is 5.98. The molecule has 3 aromatic carbocycles. The molecule has 0 heterocycles. The highest BCUT2D eigenvalue weighted by Gasteiger charge is 2.03. The van der Waals surface area contributed by atoms with Crippen molar-refractivity contribution < 1.29 is 0 Å². The van der Waals surface area contributed by atoms with Gasteiger partial charge in [-0.3, -0.25) is 0 Å². The van der Waals surface area contributed by atoms with E-state index in [-0.39, 0.29) is 0 Å². The van der Waals surface area contributed by atoms with Gasteiger partial charge in [-0.15, -0.1) is 0 Å². The summed E-state index contributed by atoms with van der Waals surface area (Å²) in [6.45, 7) is 0. The van der Waals surface area contributed by atoms with Crippen LogP contribution >= 0.6 is 0 Å². The molecule has 0 fully saturated rings. The van der Waals surface area contributed by atoms with Crippen LogP contribution < -0.4 is 5.32 Å². The lowest BCUT2D eigenvalue weighted by Gasteiger charge is -2.09. The molecule has 0 bridgehead atoms. The highest BCUT2D eigenvalue weighted by atomic mass is 14.8. The number of hydrogen-bond acceptors (Lipinski definition) is 1. The van der Waals surface area contributed by atoms with Crippen LogP contribution in [0.4, 0.5) is 5.69 Å². The average Bonchev–Trinajstić information content (AvgIpc) is 2.47. The lowest BCUT2D eigenvalue weighted by Crippen LogP contribution is -1.88. The third kappa shape index (κ3) is 1.84. The molecule has 0 atom stereocenters. The van der Waals surface area contributed by atoms with E-state index >= 15 is 0 Å². The van der Waals surface area contributed by atoms with Crippen molar-refractivity contribution in [2.24, 2.45) is 0 Å². The van der Waals surface area contributed by atoms with Crippen LogP contribution in [0, 0.1) is 0 Å². The van der Waals surface area contributed by atoms with E-state index in [0.29, 0.717) is 0 Å². The quantitative estimate of drug-likeness (QED) is 0.684. The summed E-state index contributed by atoms with van der Waals surface area (Å²) in [5.74, 6) is 0. The van der Waals surface area contributed by atoms with E-state index in [9.17, 15) is 0 Å². The summed E-state index contributed by atoms with van der Waals surface area (Å²) in [7, 11) is 1.95. The fraction of sp³-hybridized carbons (Fsp3) is 0.0588. The minimum atomic E-state index is 1.14. The minimum Gasteiger partial charge on any atom is -0.388 e. The van der Waals surface area contributed by atoms with Gasteiger partial charge in [-0.25, -0.2) is 0 Å². The number of anilines is 1. The van der Waals surface area contributed by atoms with E-state index in [1.807, 2.05) is 13.1 Å². The zero-order valence-electron chi connectivity index (χ0n) is 10.4. The number of fused-ring (bicyclic) bond motifs is 1.